The fourth-order valence-corrected chi connectivity index (χ4v) is 5.54. The van der Waals surface area contributed by atoms with Crippen LogP contribution in [0.1, 0.15) is 46.1 Å². The Balaban J connectivity index is 0.00000368. The molecule has 4 rings (SSSR count). The molecule has 2 aliphatic rings. The van der Waals surface area contributed by atoms with E-state index < -0.39 is 29.3 Å². The van der Waals surface area contributed by atoms with Crippen molar-refractivity contribution in [3.05, 3.63) is 48.0 Å². The van der Waals surface area contributed by atoms with Crippen molar-refractivity contribution >= 4 is 65.9 Å². The number of ether oxygens (including phenoxy) is 1. The van der Waals surface area contributed by atoms with Crippen LogP contribution in [-0.2, 0) is 20.2 Å². The number of halogens is 2. The van der Waals surface area contributed by atoms with Gasteiger partial charge in [0.2, 0.25) is 23.5 Å². The number of aliphatic imine (C=N–C) groups is 1. The summed E-state index contributed by atoms with van der Waals surface area (Å²) in [4.78, 5) is 48.9. The number of fused-ring (bicyclic) bond motifs is 1. The predicted octanol–water partition coefficient (Wildman–Crippen LogP) is 3.84. The summed E-state index contributed by atoms with van der Waals surface area (Å²) in [6, 6.07) is 11.5. The summed E-state index contributed by atoms with van der Waals surface area (Å²) in [5, 5.41) is 15.6. The summed E-state index contributed by atoms with van der Waals surface area (Å²) in [6.07, 6.45) is 2.82. The van der Waals surface area contributed by atoms with Crippen LogP contribution in [0.25, 0.3) is 0 Å². The van der Waals surface area contributed by atoms with Gasteiger partial charge in [-0.05, 0) is 64.5 Å². The number of amides is 3. The first-order valence-electron chi connectivity index (χ1n) is 14.9. The average Bonchev–Trinajstić information content (AvgIpc) is 3.49. The molecule has 1 saturated heterocycles. The van der Waals surface area contributed by atoms with Crippen LogP contribution in [0, 0.1) is 5.41 Å². The third-order valence-electron chi connectivity index (χ3n) is 8.25. The van der Waals surface area contributed by atoms with Crippen LogP contribution in [0.5, 0.6) is 5.75 Å². The van der Waals surface area contributed by atoms with E-state index in [0.29, 0.717) is 30.8 Å². The molecule has 46 heavy (non-hydrogen) atoms. The highest BCUT2D eigenvalue weighted by Gasteiger charge is 2.43. The summed E-state index contributed by atoms with van der Waals surface area (Å²) in [5.74, 6) is -1.39. The van der Waals surface area contributed by atoms with Crippen molar-refractivity contribution in [2.24, 2.45) is 10.4 Å². The van der Waals surface area contributed by atoms with Gasteiger partial charge in [-0.15, -0.1) is 24.8 Å². The van der Waals surface area contributed by atoms with E-state index in [4.69, 9.17) is 9.73 Å². The molecule has 0 bridgehead atoms. The van der Waals surface area contributed by atoms with Gasteiger partial charge in [0.25, 0.3) is 0 Å². The second kappa shape index (κ2) is 15.8. The lowest BCUT2D eigenvalue weighted by atomic mass is 9.85. The first kappa shape index (κ1) is 38.6. The quantitative estimate of drug-likeness (QED) is 0.239. The Hall–Kier alpha value is -3.58. The van der Waals surface area contributed by atoms with Crippen molar-refractivity contribution in [3.63, 3.8) is 0 Å². The van der Waals surface area contributed by atoms with Crippen molar-refractivity contribution in [3.8, 4) is 5.75 Å². The van der Waals surface area contributed by atoms with E-state index >= 15 is 0 Å². The molecule has 2 heterocycles. The number of hydrogen-bond donors (Lipinski definition) is 5. The fraction of sp³-hybridized carbons (Fsp3) is 0.500. The third-order valence-corrected chi connectivity index (χ3v) is 8.25. The van der Waals surface area contributed by atoms with Crippen molar-refractivity contribution in [2.75, 3.05) is 50.7 Å². The number of likely N-dealkylation sites (N-methyl/N-ethyl adjacent to an activating group) is 1. The molecule has 0 aromatic heterocycles. The SMILES string of the molecule is CN[C@@H](C)C(=O)N[C@H](C(=O)N1CCCC1C(=O)Nc1cc2c(cc1OC)NC=N[C@@]2(Nc1ccccc1)N(C)C)C(C)(C)C.Cl.Cl. The third kappa shape index (κ3) is 8.03. The second-order valence-corrected chi connectivity index (χ2v) is 12.6. The summed E-state index contributed by atoms with van der Waals surface area (Å²) < 4.78 is 5.69. The maximum Gasteiger partial charge on any atom is 0.247 e. The van der Waals surface area contributed by atoms with Gasteiger partial charge < -0.3 is 36.2 Å². The summed E-state index contributed by atoms with van der Waals surface area (Å²) in [6.45, 7) is 7.87. The van der Waals surface area contributed by atoms with Gasteiger partial charge in [-0.2, -0.15) is 0 Å². The second-order valence-electron chi connectivity index (χ2n) is 12.6. The zero-order valence-corrected chi connectivity index (χ0v) is 29.4. The number of likely N-dealkylation sites (tertiary alicyclic amines) is 1. The van der Waals surface area contributed by atoms with Gasteiger partial charge in [-0.1, -0.05) is 39.0 Å². The zero-order valence-electron chi connectivity index (χ0n) is 27.8. The highest BCUT2D eigenvalue weighted by molar-refractivity contribution is 6.00. The molecule has 12 nitrogen and oxygen atoms in total. The van der Waals surface area contributed by atoms with Crippen molar-refractivity contribution in [1.82, 2.24) is 20.4 Å². The molecule has 3 amide bonds. The normalized spacial score (nSPS) is 19.8. The van der Waals surface area contributed by atoms with Crippen LogP contribution in [0.4, 0.5) is 17.1 Å². The minimum atomic E-state index is -0.980. The van der Waals surface area contributed by atoms with E-state index in [1.807, 2.05) is 82.2 Å². The van der Waals surface area contributed by atoms with E-state index in [9.17, 15) is 14.4 Å². The molecule has 1 unspecified atom stereocenters. The highest BCUT2D eigenvalue weighted by atomic mass is 35.5. The molecule has 0 radical (unpaired) electrons. The van der Waals surface area contributed by atoms with Crippen molar-refractivity contribution < 1.29 is 19.1 Å². The number of carbonyl (C=O) groups excluding carboxylic acids is 3. The van der Waals surface area contributed by atoms with Gasteiger partial charge in [0.15, 0.2) is 0 Å². The summed E-state index contributed by atoms with van der Waals surface area (Å²) in [5.41, 5.74) is 2.30. The maximum atomic E-state index is 13.9. The number of methoxy groups -OCH3 is 1. The minimum Gasteiger partial charge on any atom is -0.494 e. The van der Waals surface area contributed by atoms with Gasteiger partial charge in [-0.3, -0.25) is 19.3 Å². The number of anilines is 3. The average molecular weight is 680 g/mol. The molecule has 254 valence electrons. The van der Waals surface area contributed by atoms with Crippen LogP contribution >= 0.6 is 24.8 Å². The molecule has 0 spiro atoms. The Labute approximate surface area is 284 Å². The Bertz CT molecular complexity index is 1400. The smallest absolute Gasteiger partial charge is 0.247 e. The largest absolute Gasteiger partial charge is 0.494 e. The van der Waals surface area contributed by atoms with E-state index in [1.165, 1.54) is 0 Å². The van der Waals surface area contributed by atoms with E-state index in [-0.39, 0.29) is 42.5 Å². The predicted molar refractivity (Wildman–Crippen MR) is 188 cm³/mol. The number of carbonyl (C=O) groups is 3. The number of benzene rings is 2. The van der Waals surface area contributed by atoms with Crippen molar-refractivity contribution in [2.45, 2.75) is 64.4 Å². The molecule has 4 atom stereocenters. The van der Waals surface area contributed by atoms with Gasteiger partial charge in [0.1, 0.15) is 17.8 Å². The van der Waals surface area contributed by atoms with E-state index in [0.717, 1.165) is 16.9 Å². The van der Waals surface area contributed by atoms with E-state index in [2.05, 4.69) is 26.6 Å². The fourth-order valence-electron chi connectivity index (χ4n) is 5.54. The Morgan fingerprint density at radius 2 is 1.80 bits per heavy atom. The lowest BCUT2D eigenvalue weighted by Gasteiger charge is -2.41. The highest BCUT2D eigenvalue weighted by Crippen LogP contribution is 2.42. The molecular weight excluding hydrogens is 631 g/mol. The number of rotatable bonds is 10. The number of nitrogens with zero attached hydrogens (tertiary/aromatic N) is 3. The lowest BCUT2D eigenvalue weighted by Crippen LogP contribution is -2.59. The first-order chi connectivity index (χ1) is 20.8. The first-order valence-corrected chi connectivity index (χ1v) is 14.9. The van der Waals surface area contributed by atoms with E-state index in [1.54, 1.807) is 32.3 Å². The Morgan fingerprint density at radius 3 is 2.39 bits per heavy atom. The van der Waals surface area contributed by atoms with Crippen LogP contribution < -0.4 is 31.3 Å². The lowest BCUT2D eigenvalue weighted by molar-refractivity contribution is -0.143. The molecule has 14 heteroatoms. The number of hydrogen-bond acceptors (Lipinski definition) is 9. The standard InChI is InChI=1S/C32H46N8O4.2ClH/c1-20(33-5)28(41)37-27(31(2,3)4)30(43)40-16-12-15-25(40)29(42)36-24-17-22-23(18-26(24)44-8)34-19-35-32(22,39(6)7)38-21-13-10-9-11-14-21;;/h9-11,13-14,17-20,25,27,33,38H,12,15-16H2,1-8H3,(H,34,35)(H,36,42)(H,37,41);2*1H/t20-,25?,27+,32-;;/m0../s1. The van der Waals surface area contributed by atoms with Gasteiger partial charge in [0, 0.05) is 23.9 Å². The Kier molecular flexibility index (Phi) is 13.3. The molecule has 0 saturated carbocycles. The molecule has 2 aliphatic heterocycles. The molecular formula is C32H48Cl2N8O4. The molecule has 2 aromatic carbocycles. The van der Waals surface area contributed by atoms with Crippen molar-refractivity contribution in [1.29, 1.82) is 0 Å². The minimum absolute atomic E-state index is 0. The summed E-state index contributed by atoms with van der Waals surface area (Å²) >= 11 is 0. The van der Waals surface area contributed by atoms with Crippen LogP contribution in [-0.4, -0.2) is 86.8 Å². The van der Waals surface area contributed by atoms with Crippen LogP contribution in [0.3, 0.4) is 0 Å². The number of para-hydroxylation sites is 1. The van der Waals surface area contributed by atoms with Crippen LogP contribution in [0.15, 0.2) is 47.5 Å². The summed E-state index contributed by atoms with van der Waals surface area (Å²) in [7, 11) is 7.09. The topological polar surface area (TPSA) is 139 Å². The van der Waals surface area contributed by atoms with Crippen LogP contribution in [0.2, 0.25) is 0 Å². The number of nitrogens with one attached hydrogen (secondary N) is 5. The Morgan fingerprint density at radius 1 is 1.13 bits per heavy atom. The monoisotopic (exact) mass is 678 g/mol. The van der Waals surface area contributed by atoms with Gasteiger partial charge in [-0.25, -0.2) is 4.99 Å². The maximum absolute atomic E-state index is 13.9. The van der Waals surface area contributed by atoms with Gasteiger partial charge in [0.05, 0.1) is 30.9 Å². The zero-order chi connectivity index (χ0) is 32.2. The molecule has 5 N–H and O–H groups in total. The molecule has 2 aromatic rings. The van der Waals surface area contributed by atoms with Gasteiger partial charge >= 0.3 is 0 Å². The molecule has 0 aliphatic carbocycles. The molecule has 1 fully saturated rings.